The van der Waals surface area contributed by atoms with Gasteiger partial charge in [0.15, 0.2) is 0 Å². The first kappa shape index (κ1) is 11.9. The Kier molecular flexibility index (Phi) is 4.65. The number of hydrogen-bond acceptors (Lipinski definition) is 3. The summed E-state index contributed by atoms with van der Waals surface area (Å²) >= 11 is 0. The van der Waals surface area contributed by atoms with E-state index in [0.29, 0.717) is 12.1 Å². The molecule has 2 heterocycles. The van der Waals surface area contributed by atoms with E-state index in [1.54, 1.807) is 0 Å². The minimum absolute atomic E-state index is 0.581. The molecule has 3 nitrogen and oxygen atoms in total. The van der Waals surface area contributed by atoms with Gasteiger partial charge in [0.25, 0.3) is 0 Å². The summed E-state index contributed by atoms with van der Waals surface area (Å²) in [6, 6.07) is 1.25. The van der Waals surface area contributed by atoms with Gasteiger partial charge in [-0.2, -0.15) is 0 Å². The van der Waals surface area contributed by atoms with Crippen LogP contribution in [0.1, 0.15) is 25.7 Å². The summed E-state index contributed by atoms with van der Waals surface area (Å²) in [5.41, 5.74) is 0. The molecule has 0 saturated carbocycles. The van der Waals surface area contributed by atoms with E-state index in [1.165, 1.54) is 25.7 Å². The monoisotopic (exact) mass is 222 g/mol. The van der Waals surface area contributed by atoms with Crippen molar-refractivity contribution in [2.24, 2.45) is 0 Å². The van der Waals surface area contributed by atoms with E-state index in [1.807, 2.05) is 0 Å². The summed E-state index contributed by atoms with van der Waals surface area (Å²) in [5.74, 6) is 2.72. The third-order valence-electron chi connectivity index (χ3n) is 3.53. The van der Waals surface area contributed by atoms with Crippen LogP contribution in [0.4, 0.5) is 0 Å². The number of hydrogen-bond donors (Lipinski definition) is 1. The van der Waals surface area contributed by atoms with Gasteiger partial charge >= 0.3 is 0 Å². The second-order valence-corrected chi connectivity index (χ2v) is 4.84. The van der Waals surface area contributed by atoms with Crippen molar-refractivity contribution in [1.29, 1.82) is 0 Å². The van der Waals surface area contributed by atoms with Gasteiger partial charge in [0, 0.05) is 31.8 Å². The van der Waals surface area contributed by atoms with Crippen LogP contribution in [0.5, 0.6) is 0 Å². The van der Waals surface area contributed by atoms with Gasteiger partial charge in [-0.25, -0.2) is 0 Å². The number of nitrogens with zero attached hydrogens (tertiary/aromatic N) is 1. The standard InChI is InChI=1S/C13H22N2O/c1-2-7-15-8-5-12(6-9-15)14-13-4-3-10-16-11-13/h1,12-14H,3-11H2. The molecule has 2 aliphatic heterocycles. The maximum absolute atomic E-state index is 5.48. The zero-order valence-corrected chi connectivity index (χ0v) is 9.95. The van der Waals surface area contributed by atoms with E-state index in [0.717, 1.165) is 32.8 Å². The number of piperidine rings is 1. The number of rotatable bonds is 3. The van der Waals surface area contributed by atoms with Gasteiger partial charge in [0.1, 0.15) is 0 Å². The zero-order chi connectivity index (χ0) is 11.2. The molecule has 0 aromatic carbocycles. The Hall–Kier alpha value is -0.560. The van der Waals surface area contributed by atoms with Crippen LogP contribution in [0.3, 0.4) is 0 Å². The molecule has 16 heavy (non-hydrogen) atoms. The molecule has 2 fully saturated rings. The Bertz CT molecular complexity index is 235. The fraction of sp³-hybridized carbons (Fsp3) is 0.846. The topological polar surface area (TPSA) is 24.5 Å². The van der Waals surface area contributed by atoms with E-state index < -0.39 is 0 Å². The van der Waals surface area contributed by atoms with E-state index >= 15 is 0 Å². The zero-order valence-electron chi connectivity index (χ0n) is 9.95. The highest BCUT2D eigenvalue weighted by Crippen LogP contribution is 2.13. The lowest BCUT2D eigenvalue weighted by Gasteiger charge is -2.34. The number of terminal acetylenes is 1. The van der Waals surface area contributed by atoms with Crippen molar-refractivity contribution in [1.82, 2.24) is 10.2 Å². The molecule has 1 atom stereocenters. The third-order valence-corrected chi connectivity index (χ3v) is 3.53. The fourth-order valence-electron chi connectivity index (χ4n) is 2.59. The van der Waals surface area contributed by atoms with Gasteiger partial charge in [0.05, 0.1) is 13.2 Å². The predicted octanol–water partition coefficient (Wildman–Crippen LogP) is 0.853. The molecule has 0 aromatic heterocycles. The Balaban J connectivity index is 1.66. The highest BCUT2D eigenvalue weighted by Gasteiger charge is 2.22. The Labute approximate surface area is 98.5 Å². The SMILES string of the molecule is C#CCN1CCC(NC2CCCOC2)CC1. The van der Waals surface area contributed by atoms with Crippen molar-refractivity contribution in [2.45, 2.75) is 37.8 Å². The molecule has 0 aliphatic carbocycles. The average molecular weight is 222 g/mol. The van der Waals surface area contributed by atoms with Crippen molar-refractivity contribution < 1.29 is 4.74 Å². The van der Waals surface area contributed by atoms with Gasteiger partial charge in [-0.15, -0.1) is 6.42 Å². The molecule has 0 bridgehead atoms. The van der Waals surface area contributed by atoms with Crippen molar-refractivity contribution in [3.05, 3.63) is 0 Å². The van der Waals surface area contributed by atoms with Crippen molar-refractivity contribution in [2.75, 3.05) is 32.8 Å². The second-order valence-electron chi connectivity index (χ2n) is 4.84. The van der Waals surface area contributed by atoms with Crippen LogP contribution in [0.2, 0.25) is 0 Å². The molecule has 3 heteroatoms. The lowest BCUT2D eigenvalue weighted by Crippen LogP contribution is -2.48. The van der Waals surface area contributed by atoms with Crippen molar-refractivity contribution in [3.8, 4) is 12.3 Å². The van der Waals surface area contributed by atoms with E-state index in [9.17, 15) is 0 Å². The molecular weight excluding hydrogens is 200 g/mol. The van der Waals surface area contributed by atoms with E-state index in [-0.39, 0.29) is 0 Å². The smallest absolute Gasteiger partial charge is 0.0619 e. The van der Waals surface area contributed by atoms with Crippen LogP contribution in [0.15, 0.2) is 0 Å². The van der Waals surface area contributed by atoms with Crippen LogP contribution in [0, 0.1) is 12.3 Å². The van der Waals surface area contributed by atoms with Crippen molar-refractivity contribution in [3.63, 3.8) is 0 Å². The highest BCUT2D eigenvalue weighted by molar-refractivity contribution is 4.91. The van der Waals surface area contributed by atoms with Gasteiger partial charge in [-0.3, -0.25) is 4.90 Å². The molecule has 2 aliphatic rings. The predicted molar refractivity (Wildman–Crippen MR) is 65.3 cm³/mol. The third kappa shape index (κ3) is 3.48. The van der Waals surface area contributed by atoms with E-state index in [2.05, 4.69) is 16.1 Å². The van der Waals surface area contributed by atoms with Crippen LogP contribution in [-0.2, 0) is 4.74 Å². The van der Waals surface area contributed by atoms with Crippen LogP contribution >= 0.6 is 0 Å². The summed E-state index contributed by atoms with van der Waals surface area (Å²) in [6.07, 6.45) is 10.2. The van der Waals surface area contributed by atoms with E-state index in [4.69, 9.17) is 11.2 Å². The van der Waals surface area contributed by atoms with Gasteiger partial charge in [-0.1, -0.05) is 5.92 Å². The lowest BCUT2D eigenvalue weighted by atomic mass is 10.0. The maximum atomic E-state index is 5.48. The minimum atomic E-state index is 0.581. The first-order chi connectivity index (χ1) is 7.88. The molecular formula is C13H22N2O. The van der Waals surface area contributed by atoms with Crippen LogP contribution in [-0.4, -0.2) is 49.8 Å². The number of likely N-dealkylation sites (tertiary alicyclic amines) is 1. The van der Waals surface area contributed by atoms with Gasteiger partial charge in [-0.05, 0) is 25.7 Å². The first-order valence-corrected chi connectivity index (χ1v) is 6.38. The molecule has 0 amide bonds. The Morgan fingerprint density at radius 1 is 1.25 bits per heavy atom. The summed E-state index contributed by atoms with van der Waals surface area (Å²) in [6.45, 7) is 4.91. The van der Waals surface area contributed by atoms with Gasteiger partial charge in [0.2, 0.25) is 0 Å². The Morgan fingerprint density at radius 3 is 2.69 bits per heavy atom. The molecule has 2 saturated heterocycles. The summed E-state index contributed by atoms with van der Waals surface area (Å²) in [4.78, 5) is 2.36. The normalized spacial score (nSPS) is 28.8. The fourth-order valence-corrected chi connectivity index (χ4v) is 2.59. The summed E-state index contributed by atoms with van der Waals surface area (Å²) < 4.78 is 5.48. The highest BCUT2D eigenvalue weighted by atomic mass is 16.5. The molecule has 1 unspecified atom stereocenters. The second kappa shape index (κ2) is 6.24. The molecule has 2 rings (SSSR count). The Morgan fingerprint density at radius 2 is 2.06 bits per heavy atom. The molecule has 0 radical (unpaired) electrons. The molecule has 90 valence electrons. The molecule has 1 N–H and O–H groups in total. The molecule has 0 spiro atoms. The number of ether oxygens (including phenoxy) is 1. The van der Waals surface area contributed by atoms with Crippen LogP contribution in [0.25, 0.3) is 0 Å². The summed E-state index contributed by atoms with van der Waals surface area (Å²) in [7, 11) is 0. The van der Waals surface area contributed by atoms with Crippen molar-refractivity contribution >= 4 is 0 Å². The quantitative estimate of drug-likeness (QED) is 0.717. The first-order valence-electron chi connectivity index (χ1n) is 6.38. The average Bonchev–Trinajstić information content (AvgIpc) is 2.33. The largest absolute Gasteiger partial charge is 0.380 e. The molecule has 0 aromatic rings. The van der Waals surface area contributed by atoms with Gasteiger partial charge < -0.3 is 10.1 Å². The number of nitrogens with one attached hydrogen (secondary N) is 1. The van der Waals surface area contributed by atoms with Crippen LogP contribution < -0.4 is 5.32 Å². The lowest BCUT2D eigenvalue weighted by molar-refractivity contribution is 0.0618. The summed E-state index contributed by atoms with van der Waals surface area (Å²) in [5, 5.41) is 3.72. The maximum Gasteiger partial charge on any atom is 0.0619 e. The minimum Gasteiger partial charge on any atom is -0.380 e.